The van der Waals surface area contributed by atoms with Gasteiger partial charge >= 0.3 is 0 Å². The molecule has 0 amide bonds. The Hall–Kier alpha value is -0.530. The summed E-state index contributed by atoms with van der Waals surface area (Å²) in [4.78, 5) is 4.74. The highest BCUT2D eigenvalue weighted by Crippen LogP contribution is 2.24. The first kappa shape index (κ1) is 12.5. The van der Waals surface area contributed by atoms with Crippen molar-refractivity contribution in [1.29, 1.82) is 0 Å². The molecular weight excluding hydrogens is 162 g/mol. The number of hydrogen-bond acceptors (Lipinski definition) is 2. The molecule has 1 aliphatic carbocycles. The van der Waals surface area contributed by atoms with Crippen LogP contribution >= 0.6 is 0 Å². The Morgan fingerprint density at radius 1 is 1.15 bits per heavy atom. The summed E-state index contributed by atoms with van der Waals surface area (Å²) in [5.41, 5.74) is 1.17. The summed E-state index contributed by atoms with van der Waals surface area (Å²) in [5, 5.41) is 3.96. The van der Waals surface area contributed by atoms with E-state index >= 15 is 0 Å². The highest BCUT2D eigenvalue weighted by molar-refractivity contribution is 5.83. The summed E-state index contributed by atoms with van der Waals surface area (Å²) < 4.78 is 0. The van der Waals surface area contributed by atoms with Crippen molar-refractivity contribution in [2.75, 3.05) is 7.11 Å². The van der Waals surface area contributed by atoms with Gasteiger partial charge in [0.25, 0.3) is 0 Å². The third kappa shape index (κ3) is 4.91. The van der Waals surface area contributed by atoms with Crippen molar-refractivity contribution in [2.45, 2.75) is 52.9 Å². The van der Waals surface area contributed by atoms with Gasteiger partial charge in [0.15, 0.2) is 0 Å². The molecule has 0 bridgehead atoms. The van der Waals surface area contributed by atoms with E-state index in [4.69, 9.17) is 4.84 Å². The number of rotatable bonds is 2. The Morgan fingerprint density at radius 2 is 1.69 bits per heavy atom. The van der Waals surface area contributed by atoms with Crippen LogP contribution in [0.4, 0.5) is 0 Å². The Labute approximate surface area is 82.4 Å². The first-order valence-electron chi connectivity index (χ1n) is 5.42. The number of hydrogen-bond donors (Lipinski definition) is 0. The van der Waals surface area contributed by atoms with Gasteiger partial charge in [-0.2, -0.15) is 0 Å². The zero-order valence-electron chi connectivity index (χ0n) is 9.47. The molecule has 0 aromatic heterocycles. The lowest BCUT2D eigenvalue weighted by molar-refractivity contribution is 0.209. The molecule has 78 valence electrons. The van der Waals surface area contributed by atoms with Crippen molar-refractivity contribution in [3.63, 3.8) is 0 Å². The molecular formula is C11H23NO. The molecule has 2 heteroatoms. The standard InChI is InChI=1S/C9H17NO.C2H6/c1-8(10-11-2)9-6-4-3-5-7-9;1-2/h9H,3-7H2,1-2H3;1-2H3/b10-8-;. The second-order valence-corrected chi connectivity index (χ2v) is 3.25. The summed E-state index contributed by atoms with van der Waals surface area (Å²) in [6.07, 6.45) is 6.73. The quantitative estimate of drug-likeness (QED) is 0.475. The molecule has 2 nitrogen and oxygen atoms in total. The Morgan fingerprint density at radius 3 is 2.15 bits per heavy atom. The molecule has 0 spiro atoms. The SMILES string of the molecule is CC.CO/N=C(/C)C1CCCCC1. The fourth-order valence-electron chi connectivity index (χ4n) is 1.74. The lowest BCUT2D eigenvalue weighted by Crippen LogP contribution is -2.14. The molecule has 0 heterocycles. The van der Waals surface area contributed by atoms with Gasteiger partial charge in [-0.1, -0.05) is 38.3 Å². The van der Waals surface area contributed by atoms with E-state index in [1.54, 1.807) is 7.11 Å². The van der Waals surface area contributed by atoms with Gasteiger partial charge in [0.2, 0.25) is 0 Å². The van der Waals surface area contributed by atoms with Crippen molar-refractivity contribution < 1.29 is 4.84 Å². The molecule has 0 aromatic rings. The minimum atomic E-state index is 0.698. The van der Waals surface area contributed by atoms with Crippen LogP contribution in [0.2, 0.25) is 0 Å². The van der Waals surface area contributed by atoms with E-state index in [0.29, 0.717) is 5.92 Å². The number of oxime groups is 1. The molecule has 1 saturated carbocycles. The van der Waals surface area contributed by atoms with Crippen LogP contribution in [0, 0.1) is 5.92 Å². The van der Waals surface area contributed by atoms with Crippen molar-refractivity contribution in [3.05, 3.63) is 0 Å². The zero-order valence-corrected chi connectivity index (χ0v) is 9.47. The summed E-state index contributed by atoms with van der Waals surface area (Å²) in [7, 11) is 1.62. The van der Waals surface area contributed by atoms with Crippen LogP contribution in [0.1, 0.15) is 52.9 Å². The van der Waals surface area contributed by atoms with E-state index < -0.39 is 0 Å². The van der Waals surface area contributed by atoms with E-state index in [1.807, 2.05) is 13.8 Å². The third-order valence-corrected chi connectivity index (χ3v) is 2.43. The molecule has 0 aromatic carbocycles. The van der Waals surface area contributed by atoms with Crippen LogP contribution < -0.4 is 0 Å². The van der Waals surface area contributed by atoms with Crippen molar-refractivity contribution in [3.8, 4) is 0 Å². The lowest BCUT2D eigenvalue weighted by Gasteiger charge is -2.20. The molecule has 0 saturated heterocycles. The monoisotopic (exact) mass is 185 g/mol. The maximum absolute atomic E-state index is 4.74. The van der Waals surface area contributed by atoms with Crippen molar-refractivity contribution in [2.24, 2.45) is 11.1 Å². The minimum absolute atomic E-state index is 0.698. The summed E-state index contributed by atoms with van der Waals surface area (Å²) >= 11 is 0. The third-order valence-electron chi connectivity index (χ3n) is 2.43. The van der Waals surface area contributed by atoms with Gasteiger partial charge in [-0.25, -0.2) is 0 Å². The lowest BCUT2D eigenvalue weighted by atomic mass is 9.86. The Balaban J connectivity index is 0.000000671. The molecule has 1 aliphatic rings. The van der Waals surface area contributed by atoms with Crippen LogP contribution in [-0.2, 0) is 4.84 Å². The van der Waals surface area contributed by atoms with E-state index in [1.165, 1.54) is 37.8 Å². The van der Waals surface area contributed by atoms with E-state index in [0.717, 1.165) is 0 Å². The van der Waals surface area contributed by atoms with Crippen molar-refractivity contribution >= 4 is 5.71 Å². The van der Waals surface area contributed by atoms with Gasteiger partial charge in [-0.15, -0.1) is 0 Å². The molecule has 0 aliphatic heterocycles. The highest BCUT2D eigenvalue weighted by atomic mass is 16.6. The fourth-order valence-corrected chi connectivity index (χ4v) is 1.74. The van der Waals surface area contributed by atoms with Gasteiger partial charge in [0, 0.05) is 5.92 Å². The second kappa shape index (κ2) is 8.09. The summed E-state index contributed by atoms with van der Waals surface area (Å²) in [6.45, 7) is 6.07. The average Bonchev–Trinajstić information content (AvgIpc) is 2.23. The van der Waals surface area contributed by atoms with Crippen molar-refractivity contribution in [1.82, 2.24) is 0 Å². The van der Waals surface area contributed by atoms with E-state index in [9.17, 15) is 0 Å². The highest BCUT2D eigenvalue weighted by Gasteiger charge is 2.15. The first-order chi connectivity index (χ1) is 6.34. The van der Waals surface area contributed by atoms with E-state index in [2.05, 4.69) is 12.1 Å². The van der Waals surface area contributed by atoms with Gasteiger partial charge in [-0.3, -0.25) is 0 Å². The normalized spacial score (nSPS) is 18.9. The van der Waals surface area contributed by atoms with Crippen LogP contribution in [0.25, 0.3) is 0 Å². The molecule has 1 fully saturated rings. The van der Waals surface area contributed by atoms with Gasteiger partial charge < -0.3 is 4.84 Å². The topological polar surface area (TPSA) is 21.6 Å². The van der Waals surface area contributed by atoms with Crippen LogP contribution in [0.3, 0.4) is 0 Å². The molecule has 13 heavy (non-hydrogen) atoms. The molecule has 0 unspecified atom stereocenters. The van der Waals surface area contributed by atoms with Crippen LogP contribution in [0.15, 0.2) is 5.16 Å². The van der Waals surface area contributed by atoms with Crippen LogP contribution in [0.5, 0.6) is 0 Å². The fraction of sp³-hybridized carbons (Fsp3) is 0.909. The van der Waals surface area contributed by atoms with Gasteiger partial charge in [0.05, 0.1) is 5.71 Å². The maximum Gasteiger partial charge on any atom is 0.106 e. The molecule has 0 radical (unpaired) electrons. The maximum atomic E-state index is 4.74. The van der Waals surface area contributed by atoms with Crippen LogP contribution in [-0.4, -0.2) is 12.8 Å². The smallest absolute Gasteiger partial charge is 0.106 e. The Bertz CT molecular complexity index is 137. The molecule has 1 rings (SSSR count). The average molecular weight is 185 g/mol. The van der Waals surface area contributed by atoms with Gasteiger partial charge in [0.1, 0.15) is 7.11 Å². The first-order valence-corrected chi connectivity index (χ1v) is 5.42. The number of nitrogens with zero attached hydrogens (tertiary/aromatic N) is 1. The predicted octanol–water partition coefficient (Wildman–Crippen LogP) is 3.62. The molecule has 0 N–H and O–H groups in total. The predicted molar refractivity (Wildman–Crippen MR) is 58.0 cm³/mol. The van der Waals surface area contributed by atoms with E-state index in [-0.39, 0.29) is 0 Å². The second-order valence-electron chi connectivity index (χ2n) is 3.25. The minimum Gasteiger partial charge on any atom is -0.399 e. The summed E-state index contributed by atoms with van der Waals surface area (Å²) in [6, 6.07) is 0. The zero-order chi connectivity index (χ0) is 10.1. The Kier molecular flexibility index (Phi) is 7.76. The largest absolute Gasteiger partial charge is 0.399 e. The molecule has 0 atom stereocenters. The van der Waals surface area contributed by atoms with Gasteiger partial charge in [-0.05, 0) is 19.8 Å². The summed E-state index contributed by atoms with van der Waals surface area (Å²) in [5.74, 6) is 0.698.